The standard InChI is InChI=1S/C14H20NO2S/c1-3-5-9-12-15(18(16,17)13-4-2)14-10-7-6-8-11-14/h4,6-8,10-11H,1-3,5,9,12-13H2. The molecule has 0 aliphatic carbocycles. The van der Waals surface area contributed by atoms with E-state index < -0.39 is 10.0 Å². The Kier molecular flexibility index (Phi) is 5.92. The fourth-order valence-electron chi connectivity index (χ4n) is 1.69. The molecule has 3 nitrogen and oxygen atoms in total. The fraction of sp³-hybridized carbons (Fsp3) is 0.357. The SMILES string of the molecule is [CH2]CCCCN(c1ccccc1)S(=O)(=O)CC=C. The fourth-order valence-corrected chi connectivity index (χ4v) is 3.02. The molecule has 0 spiro atoms. The summed E-state index contributed by atoms with van der Waals surface area (Å²) >= 11 is 0. The van der Waals surface area contributed by atoms with Crippen molar-refractivity contribution in [1.82, 2.24) is 0 Å². The van der Waals surface area contributed by atoms with Gasteiger partial charge in [0.15, 0.2) is 0 Å². The third-order valence-electron chi connectivity index (χ3n) is 2.57. The van der Waals surface area contributed by atoms with E-state index in [1.807, 2.05) is 30.3 Å². The van der Waals surface area contributed by atoms with Crippen molar-refractivity contribution in [3.05, 3.63) is 49.9 Å². The second kappa shape index (κ2) is 7.21. The highest BCUT2D eigenvalue weighted by Crippen LogP contribution is 2.19. The van der Waals surface area contributed by atoms with E-state index in [1.165, 1.54) is 10.4 Å². The highest BCUT2D eigenvalue weighted by molar-refractivity contribution is 7.92. The summed E-state index contributed by atoms with van der Waals surface area (Å²) in [6.45, 7) is 7.77. The van der Waals surface area contributed by atoms with Crippen molar-refractivity contribution < 1.29 is 8.42 Å². The van der Waals surface area contributed by atoms with E-state index in [0.29, 0.717) is 12.2 Å². The Balaban J connectivity index is 2.92. The minimum atomic E-state index is -3.31. The smallest absolute Gasteiger partial charge is 0.238 e. The number of unbranched alkanes of at least 4 members (excludes halogenated alkanes) is 2. The predicted octanol–water partition coefficient (Wildman–Crippen LogP) is 3.01. The van der Waals surface area contributed by atoms with Crippen LogP contribution in [0.4, 0.5) is 5.69 Å². The third kappa shape index (κ3) is 4.18. The molecule has 0 aliphatic heterocycles. The van der Waals surface area contributed by atoms with Crippen LogP contribution in [-0.4, -0.2) is 20.7 Å². The van der Waals surface area contributed by atoms with Gasteiger partial charge in [-0.3, -0.25) is 4.31 Å². The molecule has 4 heteroatoms. The number of hydrogen-bond donors (Lipinski definition) is 0. The molecule has 1 aromatic rings. The molecule has 0 amide bonds. The Morgan fingerprint density at radius 1 is 1.17 bits per heavy atom. The molecule has 0 bridgehead atoms. The number of rotatable bonds is 8. The van der Waals surface area contributed by atoms with Crippen LogP contribution >= 0.6 is 0 Å². The van der Waals surface area contributed by atoms with Gasteiger partial charge < -0.3 is 0 Å². The maximum absolute atomic E-state index is 12.2. The van der Waals surface area contributed by atoms with E-state index in [1.54, 1.807) is 0 Å². The lowest BCUT2D eigenvalue weighted by molar-refractivity contribution is 0.591. The van der Waals surface area contributed by atoms with Crippen molar-refractivity contribution >= 4 is 15.7 Å². The van der Waals surface area contributed by atoms with Gasteiger partial charge in [0.2, 0.25) is 10.0 Å². The number of hydrogen-bond acceptors (Lipinski definition) is 2. The predicted molar refractivity (Wildman–Crippen MR) is 77.0 cm³/mol. The second-order valence-corrected chi connectivity index (χ2v) is 5.97. The molecule has 0 aromatic heterocycles. The van der Waals surface area contributed by atoms with Crippen molar-refractivity contribution in [1.29, 1.82) is 0 Å². The van der Waals surface area contributed by atoms with Crippen LogP contribution in [0.5, 0.6) is 0 Å². The van der Waals surface area contributed by atoms with Crippen LogP contribution < -0.4 is 4.31 Å². The third-order valence-corrected chi connectivity index (χ3v) is 4.29. The van der Waals surface area contributed by atoms with Gasteiger partial charge in [0.1, 0.15) is 0 Å². The molecular formula is C14H20NO2S. The molecule has 0 atom stereocenters. The summed E-state index contributed by atoms with van der Waals surface area (Å²) in [7, 11) is -3.31. The molecule has 99 valence electrons. The highest BCUT2D eigenvalue weighted by Gasteiger charge is 2.20. The normalized spacial score (nSPS) is 11.2. The molecule has 0 unspecified atom stereocenters. The number of anilines is 1. The number of sulfonamides is 1. The second-order valence-electron chi connectivity index (χ2n) is 4.04. The summed E-state index contributed by atoms with van der Waals surface area (Å²) in [6.07, 6.45) is 3.98. The van der Waals surface area contributed by atoms with Gasteiger partial charge in [-0.2, -0.15) is 0 Å². The first kappa shape index (κ1) is 14.8. The van der Waals surface area contributed by atoms with E-state index in [4.69, 9.17) is 0 Å². The van der Waals surface area contributed by atoms with Gasteiger partial charge in [0, 0.05) is 6.54 Å². The molecule has 18 heavy (non-hydrogen) atoms. The highest BCUT2D eigenvalue weighted by atomic mass is 32.2. The molecule has 0 N–H and O–H groups in total. The zero-order valence-corrected chi connectivity index (χ0v) is 11.4. The molecule has 0 fully saturated rings. The summed E-state index contributed by atoms with van der Waals surface area (Å²) in [5, 5.41) is 0. The van der Waals surface area contributed by atoms with Gasteiger partial charge in [-0.05, 0) is 18.6 Å². The van der Waals surface area contributed by atoms with E-state index in [0.717, 1.165) is 19.3 Å². The Hall–Kier alpha value is -1.29. The quantitative estimate of drug-likeness (QED) is 0.536. The van der Waals surface area contributed by atoms with Crippen LogP contribution in [0.15, 0.2) is 43.0 Å². The van der Waals surface area contributed by atoms with Crippen molar-refractivity contribution in [3.8, 4) is 0 Å². The Morgan fingerprint density at radius 2 is 1.83 bits per heavy atom. The Morgan fingerprint density at radius 3 is 2.39 bits per heavy atom. The molecule has 0 saturated heterocycles. The lowest BCUT2D eigenvalue weighted by Gasteiger charge is -2.23. The number of para-hydroxylation sites is 1. The minimum Gasteiger partial charge on any atom is -0.270 e. The lowest BCUT2D eigenvalue weighted by atomic mass is 10.2. The van der Waals surface area contributed by atoms with Crippen LogP contribution in [0.2, 0.25) is 0 Å². The van der Waals surface area contributed by atoms with Crippen LogP contribution in [0.3, 0.4) is 0 Å². The van der Waals surface area contributed by atoms with Crippen molar-refractivity contribution in [2.75, 3.05) is 16.6 Å². The zero-order chi connectivity index (χ0) is 13.4. The maximum Gasteiger partial charge on any atom is 0.238 e. The number of nitrogens with zero attached hydrogens (tertiary/aromatic N) is 1. The average Bonchev–Trinajstić information content (AvgIpc) is 2.35. The molecule has 0 heterocycles. The van der Waals surface area contributed by atoms with Crippen LogP contribution in [0.1, 0.15) is 19.3 Å². The first-order chi connectivity index (χ1) is 8.61. The monoisotopic (exact) mass is 266 g/mol. The van der Waals surface area contributed by atoms with Crippen molar-refractivity contribution in [2.45, 2.75) is 19.3 Å². The van der Waals surface area contributed by atoms with E-state index >= 15 is 0 Å². The van der Waals surface area contributed by atoms with Gasteiger partial charge >= 0.3 is 0 Å². The van der Waals surface area contributed by atoms with Crippen LogP contribution in [0.25, 0.3) is 0 Å². The lowest BCUT2D eigenvalue weighted by Crippen LogP contribution is -2.33. The molecular weight excluding hydrogens is 246 g/mol. The first-order valence-electron chi connectivity index (χ1n) is 6.07. The van der Waals surface area contributed by atoms with Crippen molar-refractivity contribution in [2.24, 2.45) is 0 Å². The Labute approximate surface area is 110 Å². The minimum absolute atomic E-state index is 0.0354. The summed E-state index contributed by atoms with van der Waals surface area (Å²) in [5.74, 6) is -0.0354. The zero-order valence-electron chi connectivity index (χ0n) is 10.6. The van der Waals surface area contributed by atoms with Crippen LogP contribution in [0, 0.1) is 6.92 Å². The van der Waals surface area contributed by atoms with Gasteiger partial charge in [0.05, 0.1) is 11.4 Å². The topological polar surface area (TPSA) is 37.4 Å². The Bertz CT molecular complexity index is 454. The van der Waals surface area contributed by atoms with Gasteiger partial charge in [-0.25, -0.2) is 8.42 Å². The van der Waals surface area contributed by atoms with E-state index in [9.17, 15) is 8.42 Å². The molecule has 1 aromatic carbocycles. The maximum atomic E-state index is 12.2. The molecule has 1 rings (SSSR count). The summed E-state index contributed by atoms with van der Waals surface area (Å²) in [5.41, 5.74) is 0.711. The van der Waals surface area contributed by atoms with E-state index in [-0.39, 0.29) is 5.75 Å². The van der Waals surface area contributed by atoms with Crippen molar-refractivity contribution in [3.63, 3.8) is 0 Å². The number of benzene rings is 1. The average molecular weight is 266 g/mol. The van der Waals surface area contributed by atoms with Crippen LogP contribution in [-0.2, 0) is 10.0 Å². The molecule has 1 radical (unpaired) electrons. The molecule has 0 saturated carbocycles. The molecule has 0 aliphatic rings. The first-order valence-corrected chi connectivity index (χ1v) is 7.68. The van der Waals surface area contributed by atoms with Gasteiger partial charge in [-0.15, -0.1) is 6.58 Å². The van der Waals surface area contributed by atoms with Gasteiger partial charge in [0.25, 0.3) is 0 Å². The largest absolute Gasteiger partial charge is 0.270 e. The summed E-state index contributed by atoms with van der Waals surface area (Å²) < 4.78 is 25.8. The summed E-state index contributed by atoms with van der Waals surface area (Å²) in [4.78, 5) is 0. The van der Waals surface area contributed by atoms with E-state index in [2.05, 4.69) is 13.5 Å². The summed E-state index contributed by atoms with van der Waals surface area (Å²) in [6, 6.07) is 9.17. The van der Waals surface area contributed by atoms with Gasteiger partial charge in [-0.1, -0.05) is 44.0 Å².